The molecular formula is C17H19FN2O. The number of pyridine rings is 1. The van der Waals surface area contributed by atoms with E-state index in [-0.39, 0.29) is 5.82 Å². The first-order valence-corrected chi connectivity index (χ1v) is 7.36. The van der Waals surface area contributed by atoms with Crippen molar-refractivity contribution in [3.63, 3.8) is 0 Å². The molecule has 1 aliphatic rings. The molecule has 1 saturated carbocycles. The van der Waals surface area contributed by atoms with Crippen LogP contribution in [0.2, 0.25) is 0 Å². The van der Waals surface area contributed by atoms with Crippen LogP contribution in [0.25, 0.3) is 11.1 Å². The van der Waals surface area contributed by atoms with Crippen molar-refractivity contribution < 1.29 is 9.13 Å². The molecule has 1 fully saturated rings. The Balaban J connectivity index is 1.90. The molecule has 1 aromatic heterocycles. The number of rotatable bonds is 6. The molecule has 110 valence electrons. The van der Waals surface area contributed by atoms with Crippen LogP contribution in [0.3, 0.4) is 0 Å². The van der Waals surface area contributed by atoms with Crippen LogP contribution >= 0.6 is 0 Å². The molecule has 4 heteroatoms. The fourth-order valence-electron chi connectivity index (χ4n) is 2.33. The summed E-state index contributed by atoms with van der Waals surface area (Å²) >= 11 is 0. The lowest BCUT2D eigenvalue weighted by atomic mass is 10.0. The summed E-state index contributed by atoms with van der Waals surface area (Å²) in [6.45, 7) is 3.27. The van der Waals surface area contributed by atoms with Crippen molar-refractivity contribution in [2.24, 2.45) is 0 Å². The van der Waals surface area contributed by atoms with E-state index in [1.807, 2.05) is 19.1 Å². The quantitative estimate of drug-likeness (QED) is 0.882. The number of hydrogen-bond donors (Lipinski definition) is 1. The molecule has 0 spiro atoms. The largest absolute Gasteiger partial charge is 0.492 e. The third-order valence-corrected chi connectivity index (χ3v) is 3.57. The zero-order valence-electron chi connectivity index (χ0n) is 12.1. The fraction of sp³-hybridized carbons (Fsp3) is 0.353. The third kappa shape index (κ3) is 3.58. The van der Waals surface area contributed by atoms with Crippen LogP contribution in [0.4, 0.5) is 4.39 Å². The standard InChI is InChI=1S/C17H19FN2O/c1-2-21-16-7-13(9-19-11-16)17-8-14(18)4-3-12(17)10-20-15-5-6-15/h3-4,7-9,11,15,20H,2,5-6,10H2,1H3. The topological polar surface area (TPSA) is 34.1 Å². The molecule has 1 N–H and O–H groups in total. The Bertz CT molecular complexity index is 626. The van der Waals surface area contributed by atoms with Crippen molar-refractivity contribution in [2.75, 3.05) is 6.61 Å². The summed E-state index contributed by atoms with van der Waals surface area (Å²) in [5.74, 6) is 0.474. The Morgan fingerprint density at radius 2 is 2.14 bits per heavy atom. The lowest BCUT2D eigenvalue weighted by molar-refractivity contribution is 0.339. The van der Waals surface area contributed by atoms with Crippen molar-refractivity contribution in [3.05, 3.63) is 48.0 Å². The molecule has 0 atom stereocenters. The smallest absolute Gasteiger partial charge is 0.138 e. The number of halogens is 1. The van der Waals surface area contributed by atoms with Crippen LogP contribution in [0, 0.1) is 5.82 Å². The average Bonchev–Trinajstić information content (AvgIpc) is 3.31. The lowest BCUT2D eigenvalue weighted by Crippen LogP contribution is -2.16. The number of nitrogens with one attached hydrogen (secondary N) is 1. The van der Waals surface area contributed by atoms with E-state index in [9.17, 15) is 4.39 Å². The summed E-state index contributed by atoms with van der Waals surface area (Å²) in [6.07, 6.45) is 5.89. The van der Waals surface area contributed by atoms with Crippen molar-refractivity contribution in [1.82, 2.24) is 10.3 Å². The van der Waals surface area contributed by atoms with Crippen LogP contribution in [0.5, 0.6) is 5.75 Å². The maximum Gasteiger partial charge on any atom is 0.138 e. The number of benzene rings is 1. The minimum atomic E-state index is -0.234. The van der Waals surface area contributed by atoms with Gasteiger partial charge in [0.05, 0.1) is 12.8 Å². The molecule has 0 saturated heterocycles. The molecular weight excluding hydrogens is 267 g/mol. The number of aromatic nitrogens is 1. The molecule has 1 aromatic carbocycles. The second-order valence-electron chi connectivity index (χ2n) is 5.30. The Kier molecular flexibility index (Phi) is 4.15. The second-order valence-corrected chi connectivity index (χ2v) is 5.30. The molecule has 3 nitrogen and oxygen atoms in total. The van der Waals surface area contributed by atoms with Gasteiger partial charge in [-0.3, -0.25) is 4.98 Å². The second kappa shape index (κ2) is 6.22. The van der Waals surface area contributed by atoms with Gasteiger partial charge in [-0.05, 0) is 49.1 Å². The number of nitrogens with zero attached hydrogens (tertiary/aromatic N) is 1. The molecule has 21 heavy (non-hydrogen) atoms. The molecule has 0 radical (unpaired) electrons. The van der Waals surface area contributed by atoms with Crippen LogP contribution in [0.15, 0.2) is 36.7 Å². The van der Waals surface area contributed by atoms with E-state index in [2.05, 4.69) is 10.3 Å². The maximum absolute atomic E-state index is 13.6. The Morgan fingerprint density at radius 1 is 1.29 bits per heavy atom. The van der Waals surface area contributed by atoms with E-state index in [1.54, 1.807) is 18.5 Å². The zero-order valence-corrected chi connectivity index (χ0v) is 12.1. The highest BCUT2D eigenvalue weighted by Crippen LogP contribution is 2.28. The Morgan fingerprint density at radius 3 is 2.90 bits per heavy atom. The Labute approximate surface area is 124 Å². The summed E-state index contributed by atoms with van der Waals surface area (Å²) in [7, 11) is 0. The molecule has 0 aliphatic heterocycles. The van der Waals surface area contributed by atoms with Gasteiger partial charge in [-0.15, -0.1) is 0 Å². The normalized spacial score (nSPS) is 14.2. The number of hydrogen-bond acceptors (Lipinski definition) is 3. The molecule has 2 aromatic rings. The monoisotopic (exact) mass is 286 g/mol. The van der Waals surface area contributed by atoms with Crippen LogP contribution in [0.1, 0.15) is 25.3 Å². The van der Waals surface area contributed by atoms with E-state index in [0.29, 0.717) is 18.4 Å². The van der Waals surface area contributed by atoms with Gasteiger partial charge in [0.2, 0.25) is 0 Å². The van der Waals surface area contributed by atoms with Crippen molar-refractivity contribution >= 4 is 0 Å². The first kappa shape index (κ1) is 14.0. The van der Waals surface area contributed by atoms with Crippen molar-refractivity contribution in [2.45, 2.75) is 32.4 Å². The van der Waals surface area contributed by atoms with Gasteiger partial charge in [0, 0.05) is 24.3 Å². The van der Waals surface area contributed by atoms with Gasteiger partial charge in [-0.2, -0.15) is 0 Å². The van der Waals surface area contributed by atoms with E-state index in [4.69, 9.17) is 4.74 Å². The predicted molar refractivity (Wildman–Crippen MR) is 80.7 cm³/mol. The third-order valence-electron chi connectivity index (χ3n) is 3.57. The molecule has 0 amide bonds. The van der Waals surface area contributed by atoms with Gasteiger partial charge < -0.3 is 10.1 Å². The van der Waals surface area contributed by atoms with Crippen molar-refractivity contribution in [3.8, 4) is 16.9 Å². The molecule has 1 heterocycles. The number of ether oxygens (including phenoxy) is 1. The van der Waals surface area contributed by atoms with Crippen molar-refractivity contribution in [1.29, 1.82) is 0 Å². The minimum absolute atomic E-state index is 0.234. The molecule has 1 aliphatic carbocycles. The summed E-state index contributed by atoms with van der Waals surface area (Å²) in [5, 5.41) is 3.47. The summed E-state index contributed by atoms with van der Waals surface area (Å²) in [5.41, 5.74) is 2.84. The van der Waals surface area contributed by atoms with Gasteiger partial charge >= 0.3 is 0 Å². The zero-order chi connectivity index (χ0) is 14.7. The first-order valence-electron chi connectivity index (χ1n) is 7.36. The van der Waals surface area contributed by atoms with Gasteiger partial charge in [0.15, 0.2) is 0 Å². The first-order chi connectivity index (χ1) is 10.3. The predicted octanol–water partition coefficient (Wildman–Crippen LogP) is 3.54. The lowest BCUT2D eigenvalue weighted by Gasteiger charge is -2.12. The summed E-state index contributed by atoms with van der Waals surface area (Å²) in [4.78, 5) is 4.19. The molecule has 3 rings (SSSR count). The Hall–Kier alpha value is -1.94. The average molecular weight is 286 g/mol. The maximum atomic E-state index is 13.6. The summed E-state index contributed by atoms with van der Waals surface area (Å²) in [6, 6.07) is 7.44. The van der Waals surface area contributed by atoms with Gasteiger partial charge in [0.25, 0.3) is 0 Å². The van der Waals surface area contributed by atoms with Gasteiger partial charge in [-0.1, -0.05) is 6.07 Å². The highest BCUT2D eigenvalue weighted by molar-refractivity contribution is 5.67. The van der Waals surface area contributed by atoms with Gasteiger partial charge in [-0.25, -0.2) is 4.39 Å². The van der Waals surface area contributed by atoms with Crippen LogP contribution in [-0.4, -0.2) is 17.6 Å². The van der Waals surface area contributed by atoms with Crippen LogP contribution in [-0.2, 0) is 6.54 Å². The minimum Gasteiger partial charge on any atom is -0.492 e. The molecule has 0 bridgehead atoms. The van der Waals surface area contributed by atoms with E-state index >= 15 is 0 Å². The highest BCUT2D eigenvalue weighted by atomic mass is 19.1. The SMILES string of the molecule is CCOc1cncc(-c2cc(F)ccc2CNC2CC2)c1. The molecule has 0 unspecified atom stereocenters. The van der Waals surface area contributed by atoms with E-state index in [1.165, 1.54) is 18.9 Å². The van der Waals surface area contributed by atoms with Gasteiger partial charge in [0.1, 0.15) is 11.6 Å². The fourth-order valence-corrected chi connectivity index (χ4v) is 2.33. The summed E-state index contributed by atoms with van der Waals surface area (Å²) < 4.78 is 19.1. The highest BCUT2D eigenvalue weighted by Gasteiger charge is 2.20. The van der Waals surface area contributed by atoms with Crippen LogP contribution < -0.4 is 10.1 Å². The van der Waals surface area contributed by atoms with E-state index < -0.39 is 0 Å². The van der Waals surface area contributed by atoms with E-state index in [0.717, 1.165) is 23.2 Å².